The summed E-state index contributed by atoms with van der Waals surface area (Å²) in [5.74, 6) is -1.06. The number of hydrogen-bond acceptors (Lipinski definition) is 1. The Hall–Kier alpha value is -0.480. The van der Waals surface area contributed by atoms with Crippen molar-refractivity contribution >= 4 is 15.9 Å². The third kappa shape index (κ3) is 4.53. The van der Waals surface area contributed by atoms with Gasteiger partial charge >= 0.3 is 0 Å². The van der Waals surface area contributed by atoms with Crippen molar-refractivity contribution in [2.24, 2.45) is 5.92 Å². The van der Waals surface area contributed by atoms with E-state index >= 15 is 0 Å². The Balaban J connectivity index is 2.95. The van der Waals surface area contributed by atoms with Gasteiger partial charge in [-0.3, -0.25) is 0 Å². The fourth-order valence-corrected chi connectivity index (χ4v) is 2.99. The minimum atomic E-state index is -0.813. The van der Waals surface area contributed by atoms with Gasteiger partial charge in [0.2, 0.25) is 0 Å². The summed E-state index contributed by atoms with van der Waals surface area (Å²) in [6.07, 6.45) is 3.20. The van der Waals surface area contributed by atoms with Crippen molar-refractivity contribution < 1.29 is 8.78 Å². The van der Waals surface area contributed by atoms with Crippen molar-refractivity contribution in [3.05, 3.63) is 33.8 Å². The van der Waals surface area contributed by atoms with Crippen LogP contribution in [-0.2, 0) is 0 Å². The molecule has 4 heteroatoms. The summed E-state index contributed by atoms with van der Waals surface area (Å²) in [5.41, 5.74) is 0.795. The van der Waals surface area contributed by atoms with Gasteiger partial charge in [0.1, 0.15) is 0 Å². The van der Waals surface area contributed by atoms with Gasteiger partial charge in [0.05, 0.1) is 4.47 Å². The van der Waals surface area contributed by atoms with E-state index in [2.05, 4.69) is 35.1 Å². The summed E-state index contributed by atoms with van der Waals surface area (Å²) in [7, 11) is 0. The van der Waals surface area contributed by atoms with E-state index in [1.165, 1.54) is 6.07 Å². The molecule has 0 aliphatic carbocycles. The lowest BCUT2D eigenvalue weighted by atomic mass is 9.93. The van der Waals surface area contributed by atoms with Crippen LogP contribution >= 0.6 is 15.9 Å². The minimum Gasteiger partial charge on any atom is -0.310 e. The second kappa shape index (κ2) is 7.95. The Morgan fingerprint density at radius 2 is 1.95 bits per heavy atom. The molecule has 1 nitrogen and oxygen atoms in total. The molecule has 0 amide bonds. The molecule has 0 radical (unpaired) electrons. The maximum absolute atomic E-state index is 13.6. The first-order valence-electron chi connectivity index (χ1n) is 6.87. The normalized spacial score (nSPS) is 14.4. The van der Waals surface area contributed by atoms with Crippen molar-refractivity contribution in [2.75, 3.05) is 6.54 Å². The third-order valence-corrected chi connectivity index (χ3v) is 4.12. The van der Waals surface area contributed by atoms with Crippen molar-refractivity contribution in [1.82, 2.24) is 5.32 Å². The molecule has 0 saturated carbocycles. The summed E-state index contributed by atoms with van der Waals surface area (Å²) in [6, 6.07) is 2.91. The van der Waals surface area contributed by atoms with Crippen molar-refractivity contribution in [2.45, 2.75) is 46.1 Å². The highest BCUT2D eigenvalue weighted by Crippen LogP contribution is 2.32. The van der Waals surface area contributed by atoms with E-state index in [-0.39, 0.29) is 10.5 Å². The van der Waals surface area contributed by atoms with Crippen LogP contribution in [0.2, 0.25) is 0 Å². The van der Waals surface area contributed by atoms with Crippen LogP contribution in [0, 0.1) is 17.6 Å². The molecule has 1 aromatic carbocycles. The summed E-state index contributed by atoms with van der Waals surface area (Å²) in [5, 5.41) is 3.36. The van der Waals surface area contributed by atoms with Gasteiger partial charge in [-0.15, -0.1) is 0 Å². The fraction of sp³-hybridized carbons (Fsp3) is 0.600. The topological polar surface area (TPSA) is 12.0 Å². The van der Waals surface area contributed by atoms with E-state index in [0.29, 0.717) is 5.92 Å². The van der Waals surface area contributed by atoms with E-state index in [4.69, 9.17) is 0 Å². The van der Waals surface area contributed by atoms with Crippen molar-refractivity contribution in [3.8, 4) is 0 Å². The van der Waals surface area contributed by atoms with Crippen LogP contribution in [0.4, 0.5) is 8.78 Å². The molecule has 2 unspecified atom stereocenters. The van der Waals surface area contributed by atoms with Crippen LogP contribution in [0.15, 0.2) is 16.6 Å². The Labute approximate surface area is 122 Å². The molecular formula is C15H22BrF2N. The summed E-state index contributed by atoms with van der Waals surface area (Å²) in [4.78, 5) is 0. The molecule has 0 heterocycles. The van der Waals surface area contributed by atoms with Gasteiger partial charge in [-0.2, -0.15) is 0 Å². The minimum absolute atomic E-state index is 0.0519. The van der Waals surface area contributed by atoms with E-state index in [1.807, 2.05) is 6.92 Å². The third-order valence-electron chi connectivity index (χ3n) is 3.31. The summed E-state index contributed by atoms with van der Waals surface area (Å²) in [6.45, 7) is 7.17. The zero-order valence-electron chi connectivity index (χ0n) is 11.8. The van der Waals surface area contributed by atoms with Gasteiger partial charge in [-0.05, 0) is 46.4 Å². The van der Waals surface area contributed by atoms with E-state index in [1.54, 1.807) is 6.07 Å². The highest BCUT2D eigenvalue weighted by Gasteiger charge is 2.20. The van der Waals surface area contributed by atoms with Gasteiger partial charge < -0.3 is 5.32 Å². The SMILES string of the molecule is CCCC(C)CC(NCC)c1ccc(F)c(F)c1Br. The lowest BCUT2D eigenvalue weighted by Crippen LogP contribution is -2.23. The van der Waals surface area contributed by atoms with E-state index in [0.717, 1.165) is 31.4 Å². The molecule has 0 aliphatic heterocycles. The first kappa shape index (κ1) is 16.6. The molecule has 19 heavy (non-hydrogen) atoms. The second-order valence-corrected chi connectivity index (χ2v) is 5.80. The van der Waals surface area contributed by atoms with Gasteiger partial charge in [0, 0.05) is 6.04 Å². The number of hydrogen-bond donors (Lipinski definition) is 1. The second-order valence-electron chi connectivity index (χ2n) is 5.00. The maximum atomic E-state index is 13.6. The lowest BCUT2D eigenvalue weighted by molar-refractivity contribution is 0.391. The fourth-order valence-electron chi connectivity index (χ4n) is 2.39. The Kier molecular flexibility index (Phi) is 6.94. The molecule has 0 spiro atoms. The number of halogens is 3. The van der Waals surface area contributed by atoms with Crippen LogP contribution in [0.5, 0.6) is 0 Å². The highest BCUT2D eigenvalue weighted by molar-refractivity contribution is 9.10. The molecule has 0 aromatic heterocycles. The largest absolute Gasteiger partial charge is 0.310 e. The highest BCUT2D eigenvalue weighted by atomic mass is 79.9. The number of nitrogens with one attached hydrogen (secondary N) is 1. The average molecular weight is 334 g/mol. The lowest BCUT2D eigenvalue weighted by Gasteiger charge is -2.23. The first-order chi connectivity index (χ1) is 9.01. The predicted molar refractivity (Wildman–Crippen MR) is 79.2 cm³/mol. The zero-order valence-corrected chi connectivity index (χ0v) is 13.4. The Bertz CT molecular complexity index is 409. The van der Waals surface area contributed by atoms with Crippen LogP contribution in [0.25, 0.3) is 0 Å². The molecule has 1 aromatic rings. The molecule has 1 rings (SSSR count). The van der Waals surface area contributed by atoms with Crippen LogP contribution < -0.4 is 5.32 Å². The van der Waals surface area contributed by atoms with Crippen LogP contribution in [-0.4, -0.2) is 6.54 Å². The van der Waals surface area contributed by atoms with Crippen LogP contribution in [0.1, 0.15) is 51.6 Å². The molecule has 108 valence electrons. The quantitative estimate of drug-likeness (QED) is 0.676. The predicted octanol–water partition coefficient (Wildman–Crippen LogP) is 5.20. The zero-order chi connectivity index (χ0) is 14.4. The van der Waals surface area contributed by atoms with Crippen molar-refractivity contribution in [3.63, 3.8) is 0 Å². The van der Waals surface area contributed by atoms with Crippen LogP contribution in [0.3, 0.4) is 0 Å². The Morgan fingerprint density at radius 1 is 1.26 bits per heavy atom. The van der Waals surface area contributed by atoms with Gasteiger partial charge in [0.15, 0.2) is 11.6 Å². The smallest absolute Gasteiger partial charge is 0.173 e. The molecule has 2 atom stereocenters. The van der Waals surface area contributed by atoms with E-state index in [9.17, 15) is 8.78 Å². The molecule has 0 bridgehead atoms. The Morgan fingerprint density at radius 3 is 2.53 bits per heavy atom. The molecule has 0 fully saturated rings. The van der Waals surface area contributed by atoms with Gasteiger partial charge in [0.25, 0.3) is 0 Å². The van der Waals surface area contributed by atoms with E-state index < -0.39 is 11.6 Å². The molecular weight excluding hydrogens is 312 g/mol. The maximum Gasteiger partial charge on any atom is 0.173 e. The van der Waals surface area contributed by atoms with Gasteiger partial charge in [-0.25, -0.2) is 8.78 Å². The van der Waals surface area contributed by atoms with Crippen molar-refractivity contribution in [1.29, 1.82) is 0 Å². The molecule has 0 saturated heterocycles. The van der Waals surface area contributed by atoms with Gasteiger partial charge in [-0.1, -0.05) is 39.7 Å². The monoisotopic (exact) mass is 333 g/mol. The average Bonchev–Trinajstić information content (AvgIpc) is 2.36. The summed E-state index contributed by atoms with van der Waals surface area (Å²) >= 11 is 3.18. The number of rotatable bonds is 7. The summed E-state index contributed by atoms with van der Waals surface area (Å²) < 4.78 is 27.0. The molecule has 0 aliphatic rings. The number of benzene rings is 1. The molecule has 1 N–H and O–H groups in total. The first-order valence-corrected chi connectivity index (χ1v) is 7.67. The standard InChI is InChI=1S/C15H22BrF2N/c1-4-6-10(3)9-13(19-5-2)11-7-8-12(17)15(18)14(11)16/h7-8,10,13,19H,4-6,9H2,1-3H3.